The first-order valence-corrected chi connectivity index (χ1v) is 11.6. The average Bonchev–Trinajstić information content (AvgIpc) is 3.07. The maximum atomic E-state index is 2.42. The third kappa shape index (κ3) is 3.82. The van der Waals surface area contributed by atoms with Gasteiger partial charge in [0.2, 0.25) is 0 Å². The molecule has 0 heterocycles. The number of rotatable bonds is 3. The summed E-state index contributed by atoms with van der Waals surface area (Å²) in [6.45, 7) is 4.63. The molecule has 2 unspecified atom stereocenters. The van der Waals surface area contributed by atoms with E-state index in [1.807, 2.05) is 0 Å². The summed E-state index contributed by atoms with van der Waals surface area (Å²) in [5.74, 6) is 0.566. The van der Waals surface area contributed by atoms with E-state index >= 15 is 0 Å². The summed E-state index contributed by atoms with van der Waals surface area (Å²) < 4.78 is 0.521. The molecule has 4 aromatic rings. The van der Waals surface area contributed by atoms with E-state index in [0.29, 0.717) is 9.54 Å². The van der Waals surface area contributed by atoms with Gasteiger partial charge in [-0.25, -0.2) is 0 Å². The second kappa shape index (κ2) is 9.39. The summed E-state index contributed by atoms with van der Waals surface area (Å²) in [5.41, 5.74) is 7.24. The molecule has 0 fully saturated rings. The van der Waals surface area contributed by atoms with Crippen molar-refractivity contribution in [3.05, 3.63) is 95.1 Å². The van der Waals surface area contributed by atoms with Crippen molar-refractivity contribution >= 4 is 33.2 Å². The molecule has 0 nitrogen and oxygen atoms in total. The van der Waals surface area contributed by atoms with Crippen LogP contribution in [0.5, 0.6) is 0 Å². The van der Waals surface area contributed by atoms with Crippen LogP contribution in [0, 0.1) is 0 Å². The molecule has 2 atom stereocenters. The number of hydrogen-bond donors (Lipinski definition) is 0. The zero-order valence-corrected chi connectivity index (χ0v) is 21.1. The number of fused-ring (bicyclic) bond motifs is 3. The summed E-state index contributed by atoms with van der Waals surface area (Å²) >= 11 is 1.56. The molecular weight excluding hydrogens is 486 g/mol. The molecule has 0 radical (unpaired) electrons. The first-order chi connectivity index (χ1) is 13.7. The average molecular weight is 510 g/mol. The molecule has 0 aromatic heterocycles. The van der Waals surface area contributed by atoms with Crippen LogP contribution in [-0.4, -0.2) is 0 Å². The Balaban J connectivity index is 0.00000128. The van der Waals surface area contributed by atoms with Crippen LogP contribution in [0.1, 0.15) is 52.1 Å². The van der Waals surface area contributed by atoms with E-state index in [4.69, 9.17) is 0 Å². The van der Waals surface area contributed by atoms with E-state index in [9.17, 15) is 0 Å². The Labute approximate surface area is 206 Å². The molecule has 5 rings (SSSR count). The quantitative estimate of drug-likeness (QED) is 0.369. The molecule has 149 valence electrons. The summed E-state index contributed by atoms with van der Waals surface area (Å²) in [5, 5.41) is 5.49. The van der Waals surface area contributed by atoms with Crippen molar-refractivity contribution in [2.45, 2.75) is 29.8 Å². The molecule has 0 saturated heterocycles. The summed E-state index contributed by atoms with van der Waals surface area (Å²) in [6, 6.07) is 27.2. The number of benzene rings is 4. The third-order valence-corrected chi connectivity index (χ3v) is 7.83. The van der Waals surface area contributed by atoms with Gasteiger partial charge in [-0.2, -0.15) is 0 Å². The van der Waals surface area contributed by atoms with E-state index in [2.05, 4.69) is 92.7 Å². The van der Waals surface area contributed by atoms with Crippen molar-refractivity contribution in [1.29, 1.82) is 0 Å². The van der Waals surface area contributed by atoms with E-state index in [1.54, 1.807) is 24.7 Å². The molecule has 0 aliphatic heterocycles. The largest absolute Gasteiger partial charge is 1.00 e. The summed E-state index contributed by atoms with van der Waals surface area (Å²) in [7, 11) is 0. The van der Waals surface area contributed by atoms with Gasteiger partial charge in [0.25, 0.3) is 0 Å². The van der Waals surface area contributed by atoms with Gasteiger partial charge >= 0.3 is 183 Å². The van der Waals surface area contributed by atoms with Gasteiger partial charge in [0, 0.05) is 0 Å². The van der Waals surface area contributed by atoms with Crippen LogP contribution in [0.2, 0.25) is 0 Å². The van der Waals surface area contributed by atoms with Gasteiger partial charge in [0.05, 0.1) is 0 Å². The Hall–Kier alpha value is -1.40. The minimum absolute atomic E-state index is 0. The van der Waals surface area contributed by atoms with Crippen molar-refractivity contribution in [3.8, 4) is 0 Å². The fourth-order valence-electron chi connectivity index (χ4n) is 4.51. The maximum absolute atomic E-state index is 2.42. The molecule has 0 saturated carbocycles. The molecule has 0 N–H and O–H groups in total. The Kier molecular flexibility index (Phi) is 7.29. The second-order valence-electron chi connectivity index (χ2n) is 7.92. The molecule has 4 aromatic carbocycles. The van der Waals surface area contributed by atoms with Crippen LogP contribution in [0.4, 0.5) is 0 Å². The van der Waals surface area contributed by atoms with Gasteiger partial charge < -0.3 is 24.8 Å². The molecule has 1 aliphatic carbocycles. The number of allylic oxidation sites excluding steroid dienone is 1. The molecule has 30 heavy (non-hydrogen) atoms. The summed E-state index contributed by atoms with van der Waals surface area (Å²) in [6.07, 6.45) is 3.58. The van der Waals surface area contributed by atoms with Gasteiger partial charge in [0.1, 0.15) is 0 Å². The monoisotopic (exact) mass is 507 g/mol. The van der Waals surface area contributed by atoms with E-state index in [-0.39, 0.29) is 24.8 Å². The van der Waals surface area contributed by atoms with Crippen LogP contribution in [0.15, 0.2) is 72.8 Å². The molecule has 1 aliphatic rings. The molecular formula is C27H23Cl2Zr. The Morgan fingerprint density at radius 1 is 0.833 bits per heavy atom. The Morgan fingerprint density at radius 3 is 2.13 bits per heavy atom. The number of hydrogen-bond acceptors (Lipinski definition) is 0. The molecule has 0 spiro atoms. The number of halogens is 2. The normalized spacial score (nSPS) is 15.9. The minimum Gasteiger partial charge on any atom is -1.00 e. The summed E-state index contributed by atoms with van der Waals surface area (Å²) in [4.78, 5) is 0. The van der Waals surface area contributed by atoms with Crippen molar-refractivity contribution in [3.63, 3.8) is 0 Å². The fraction of sp³-hybridized carbons (Fsp3) is 0.185. The van der Waals surface area contributed by atoms with E-state index in [0.717, 1.165) is 6.42 Å². The predicted octanol–water partition coefficient (Wildman–Crippen LogP) is 1.66. The van der Waals surface area contributed by atoms with Crippen LogP contribution >= 0.6 is 0 Å². The van der Waals surface area contributed by atoms with E-state index < -0.39 is 0 Å². The minimum atomic E-state index is 0. The van der Waals surface area contributed by atoms with E-state index in [1.165, 1.54) is 49.4 Å². The van der Waals surface area contributed by atoms with Gasteiger partial charge in [-0.15, -0.1) is 0 Å². The topological polar surface area (TPSA) is 0 Å². The Morgan fingerprint density at radius 2 is 1.47 bits per heavy atom. The van der Waals surface area contributed by atoms with Gasteiger partial charge in [-0.3, -0.25) is 0 Å². The van der Waals surface area contributed by atoms with Crippen LogP contribution in [-0.2, 0) is 24.7 Å². The second-order valence-corrected chi connectivity index (χ2v) is 9.34. The molecule has 3 heteroatoms. The van der Waals surface area contributed by atoms with Crippen LogP contribution < -0.4 is 24.8 Å². The van der Waals surface area contributed by atoms with Crippen molar-refractivity contribution in [2.24, 2.45) is 0 Å². The van der Waals surface area contributed by atoms with Crippen LogP contribution in [0.3, 0.4) is 0 Å². The Bertz CT molecular complexity index is 1240. The van der Waals surface area contributed by atoms with Crippen molar-refractivity contribution in [2.75, 3.05) is 0 Å². The van der Waals surface area contributed by atoms with Crippen molar-refractivity contribution < 1.29 is 49.5 Å². The zero-order valence-electron chi connectivity index (χ0n) is 17.1. The smallest absolute Gasteiger partial charge is 1.00 e. The first kappa shape index (κ1) is 23.3. The fourth-order valence-corrected chi connectivity index (χ4v) is 5.75. The van der Waals surface area contributed by atoms with Crippen molar-refractivity contribution in [1.82, 2.24) is 0 Å². The standard InChI is InChI=1S/C27H23.2ClH.Zr/c1-3-18(2)24-12-13-25(23-14-19-8-4-5-9-20(19)15-23)27-17-22-11-7-6-10-21(22)16-26(24)27;;;/h4-18H,3H2,1-2H3;2*1H;/q;;;+2/p-2. The third-order valence-electron chi connectivity index (χ3n) is 6.30. The van der Waals surface area contributed by atoms with Gasteiger partial charge in [-0.1, -0.05) is 0 Å². The van der Waals surface area contributed by atoms with Crippen LogP contribution in [0.25, 0.3) is 33.2 Å². The maximum Gasteiger partial charge on any atom is -1.00 e. The van der Waals surface area contributed by atoms with Gasteiger partial charge in [-0.05, 0) is 0 Å². The predicted molar refractivity (Wildman–Crippen MR) is 117 cm³/mol. The molecule has 0 bridgehead atoms. The first-order valence-electron chi connectivity index (χ1n) is 10.1. The zero-order chi connectivity index (χ0) is 19.3. The van der Waals surface area contributed by atoms with Gasteiger partial charge in [0.15, 0.2) is 0 Å². The SMILES string of the molecule is CCC(C)c1ccc(C2=Cc3ccccc3[CH]2[Zr+2])c2cc3ccccc3cc12.[Cl-].[Cl-]. The molecule has 0 amide bonds.